The van der Waals surface area contributed by atoms with Crippen molar-refractivity contribution in [3.63, 3.8) is 0 Å². The van der Waals surface area contributed by atoms with Gasteiger partial charge in [0.05, 0.1) is 12.2 Å². The Morgan fingerprint density at radius 1 is 0.411 bits per heavy atom. The van der Waals surface area contributed by atoms with Crippen LogP contribution in [0.4, 0.5) is 0 Å². The van der Waals surface area contributed by atoms with E-state index >= 15 is 0 Å². The summed E-state index contributed by atoms with van der Waals surface area (Å²) >= 11 is 0. The zero-order chi connectivity index (χ0) is 65.0. The second kappa shape index (κ2) is 28.6. The number of aliphatic hydroxyl groups excluding tert-OH is 2. The first kappa shape index (κ1) is 71.3. The highest BCUT2D eigenvalue weighted by atomic mass is 16.3. The molecular formula is C87H146O3. The van der Waals surface area contributed by atoms with Crippen molar-refractivity contribution in [1.82, 2.24) is 0 Å². The molecule has 11 saturated carbocycles. The quantitative estimate of drug-likeness (QED) is 0.161. The van der Waals surface area contributed by atoms with E-state index in [0.717, 1.165) is 157 Å². The summed E-state index contributed by atoms with van der Waals surface area (Å²) in [6.45, 7) is 44.6. The highest BCUT2D eigenvalue weighted by Gasteiger charge is 2.63. The number of carbonyl (C=O) groups is 1. The van der Waals surface area contributed by atoms with E-state index in [1.54, 1.807) is 5.57 Å². The zero-order valence-electron chi connectivity index (χ0n) is 62.3. The molecule has 28 atom stereocenters. The summed E-state index contributed by atoms with van der Waals surface area (Å²) in [5, 5.41) is 20.5. The molecule has 512 valence electrons. The third-order valence-corrected chi connectivity index (χ3v) is 33.3. The van der Waals surface area contributed by atoms with E-state index in [9.17, 15) is 15.0 Å². The van der Waals surface area contributed by atoms with Crippen LogP contribution >= 0.6 is 0 Å². The van der Waals surface area contributed by atoms with E-state index in [-0.39, 0.29) is 12.2 Å². The monoisotopic (exact) mass is 1240 g/mol. The Labute approximate surface area is 557 Å². The van der Waals surface area contributed by atoms with Gasteiger partial charge in [-0.15, -0.1) is 0 Å². The number of Topliss-reactive ketones (excluding diaryl/α,β-unsaturated/α-hetero) is 1. The Hall–Kier alpha value is -1.45. The molecule has 3 nitrogen and oxygen atoms in total. The lowest BCUT2D eigenvalue weighted by atomic mass is 9.44. The van der Waals surface area contributed by atoms with Gasteiger partial charge in [-0.3, -0.25) is 4.79 Å². The van der Waals surface area contributed by atoms with Gasteiger partial charge in [0.1, 0.15) is 5.78 Å². The van der Waals surface area contributed by atoms with Crippen LogP contribution in [0.3, 0.4) is 0 Å². The maximum atomic E-state index is 12.1. The molecule has 0 aromatic rings. The minimum atomic E-state index is -0.0870. The largest absolute Gasteiger partial charge is 0.393 e. The molecule has 90 heavy (non-hydrogen) atoms. The van der Waals surface area contributed by atoms with Gasteiger partial charge in [0.15, 0.2) is 0 Å². The van der Waals surface area contributed by atoms with Crippen molar-refractivity contribution in [3.05, 3.63) is 48.1 Å². The minimum Gasteiger partial charge on any atom is -0.393 e. The maximum absolute atomic E-state index is 12.1. The second-order valence-corrected chi connectivity index (χ2v) is 38.0. The van der Waals surface area contributed by atoms with Crippen LogP contribution in [0.2, 0.25) is 0 Å². The van der Waals surface area contributed by atoms with E-state index in [4.69, 9.17) is 0 Å². The topological polar surface area (TPSA) is 57.5 Å². The average Bonchev–Trinajstić information content (AvgIpc) is 1.37. The predicted octanol–water partition coefficient (Wildman–Crippen LogP) is 23.8. The lowest BCUT2D eigenvalue weighted by Crippen LogP contribution is -2.54. The van der Waals surface area contributed by atoms with E-state index in [2.05, 4.69) is 167 Å². The van der Waals surface area contributed by atoms with Gasteiger partial charge in [0, 0.05) is 12.8 Å². The molecule has 3 heteroatoms. The fourth-order valence-electron chi connectivity index (χ4n) is 27.5. The standard InChI is InChI=1S/C29H50O.2C29H48O/c3*1-7-21(19(2)3)9-8-20(4)25-12-13-26-24-11-10-22-18-23(30)14-16-28(22,5)27(24)15-17-29(25,26)6/h8-9,19-27,30H,7,10-18H2,1-6H3;8-9,19-22,24-27H,7,10-18H2,1-6H3;8-10,19-21,23-27,30H,7,11-18H2,1-6H3/b3*9-8+/t20-,21-,22?,23+,24?,25?,26?,27?,28+,29-;20-,21-,22?,24?,25?,26?,27?,28+,29-;20-,21-,23+,24?,25?,26?,27?,28+,29-/m111/s1. The van der Waals surface area contributed by atoms with Crippen LogP contribution in [-0.4, -0.2) is 28.2 Å². The van der Waals surface area contributed by atoms with Gasteiger partial charge in [-0.25, -0.2) is 0 Å². The molecule has 12 rings (SSSR count). The molecule has 0 heterocycles. The molecule has 0 aromatic carbocycles. The van der Waals surface area contributed by atoms with Crippen LogP contribution < -0.4 is 0 Å². The number of ketones is 1. The Morgan fingerprint density at radius 3 is 1.24 bits per heavy atom. The summed E-state index contributed by atoms with van der Waals surface area (Å²) in [5.41, 5.74) is 4.57. The van der Waals surface area contributed by atoms with Crippen molar-refractivity contribution in [2.24, 2.45) is 169 Å². The van der Waals surface area contributed by atoms with E-state index in [1.807, 2.05) is 0 Å². The molecule has 0 amide bonds. The van der Waals surface area contributed by atoms with Crippen LogP contribution in [0, 0.1) is 169 Å². The summed E-state index contributed by atoms with van der Waals surface area (Å²) < 4.78 is 0. The average molecular weight is 1240 g/mol. The number of rotatable bonds is 15. The highest BCUT2D eigenvalue weighted by Crippen LogP contribution is 2.71. The lowest BCUT2D eigenvalue weighted by molar-refractivity contribution is -0.140. The Kier molecular flexibility index (Phi) is 22.6. The molecule has 0 spiro atoms. The van der Waals surface area contributed by atoms with Gasteiger partial charge in [0.2, 0.25) is 0 Å². The normalized spacial score (nSPS) is 46.6. The molecule has 11 fully saturated rings. The van der Waals surface area contributed by atoms with Crippen molar-refractivity contribution in [2.75, 3.05) is 0 Å². The number of hydrogen-bond donors (Lipinski definition) is 2. The number of carbonyl (C=O) groups excluding carboxylic acids is 1. The molecule has 12 aliphatic rings. The summed E-state index contributed by atoms with van der Waals surface area (Å²) in [5.74, 6) is 19.5. The first-order valence-corrected chi connectivity index (χ1v) is 40.2. The fraction of sp³-hybridized carbons (Fsp3) is 0.897. The summed E-state index contributed by atoms with van der Waals surface area (Å²) in [6.07, 6.45) is 55.4. The zero-order valence-corrected chi connectivity index (χ0v) is 62.3. The molecule has 0 saturated heterocycles. The Morgan fingerprint density at radius 2 is 0.800 bits per heavy atom. The third kappa shape index (κ3) is 13.4. The third-order valence-electron chi connectivity index (χ3n) is 33.3. The second-order valence-electron chi connectivity index (χ2n) is 38.0. The van der Waals surface area contributed by atoms with Crippen molar-refractivity contribution < 1.29 is 15.0 Å². The van der Waals surface area contributed by atoms with E-state index in [0.29, 0.717) is 56.0 Å². The highest BCUT2D eigenvalue weighted by molar-refractivity contribution is 5.79. The Bertz CT molecular complexity index is 2490. The molecule has 0 bridgehead atoms. The smallest absolute Gasteiger partial charge is 0.133 e. The maximum Gasteiger partial charge on any atom is 0.133 e. The molecule has 14 unspecified atom stereocenters. The molecule has 0 aromatic heterocycles. The van der Waals surface area contributed by atoms with Crippen molar-refractivity contribution in [1.29, 1.82) is 0 Å². The van der Waals surface area contributed by atoms with Crippen LogP contribution in [0.15, 0.2) is 48.1 Å². The van der Waals surface area contributed by atoms with E-state index in [1.165, 1.54) is 148 Å². The van der Waals surface area contributed by atoms with Gasteiger partial charge in [-0.1, -0.05) is 173 Å². The van der Waals surface area contributed by atoms with E-state index < -0.39 is 0 Å². The summed E-state index contributed by atoms with van der Waals surface area (Å²) in [7, 11) is 0. The number of aliphatic hydroxyl groups is 2. The van der Waals surface area contributed by atoms with Crippen LogP contribution in [0.1, 0.15) is 311 Å². The minimum absolute atomic E-state index is 0.0187. The first-order valence-electron chi connectivity index (χ1n) is 40.2. The molecular weight excluding hydrogens is 1090 g/mol. The van der Waals surface area contributed by atoms with Crippen molar-refractivity contribution in [3.8, 4) is 0 Å². The lowest BCUT2D eigenvalue weighted by Gasteiger charge is -2.61. The fourth-order valence-corrected chi connectivity index (χ4v) is 27.5. The first-order chi connectivity index (χ1) is 42.6. The van der Waals surface area contributed by atoms with Gasteiger partial charge in [-0.05, 0) is 342 Å². The SMILES string of the molecule is CC[C@H](/C=C/[C@@H](C)C1CCC2C3CC=C4C[C@@H](O)CC[C@]4(C)C3CC[C@@]21C)C(C)C.CC[C@H](/C=C/[C@@H](C)C1CCC2C3CCC4CC(=O)CC[C@]4(C)C3CC[C@@]21C)C(C)C.CC[C@H](/C=C/[C@@H](C)C1CCC2C3CCC4C[C@@H](O)CC[C@]4(C)C3CC[C@@]21C)C(C)C. The summed E-state index contributed by atoms with van der Waals surface area (Å²) in [4.78, 5) is 12.1. The van der Waals surface area contributed by atoms with Gasteiger partial charge in [-0.2, -0.15) is 0 Å². The van der Waals surface area contributed by atoms with Gasteiger partial charge in [0.25, 0.3) is 0 Å². The van der Waals surface area contributed by atoms with Gasteiger partial charge < -0.3 is 10.2 Å². The molecule has 0 radical (unpaired) electrons. The number of hydrogen-bond acceptors (Lipinski definition) is 3. The van der Waals surface area contributed by atoms with Crippen LogP contribution in [-0.2, 0) is 4.79 Å². The summed E-state index contributed by atoms with van der Waals surface area (Å²) in [6, 6.07) is 0. The molecule has 2 N–H and O–H groups in total. The molecule has 0 aliphatic heterocycles. The number of allylic oxidation sites excluding steroid dienone is 7. The Balaban J connectivity index is 0.000000148. The van der Waals surface area contributed by atoms with Gasteiger partial charge >= 0.3 is 0 Å². The predicted molar refractivity (Wildman–Crippen MR) is 383 cm³/mol. The van der Waals surface area contributed by atoms with Crippen molar-refractivity contribution in [2.45, 2.75) is 323 Å². The van der Waals surface area contributed by atoms with Crippen LogP contribution in [0.5, 0.6) is 0 Å². The number of fused-ring (bicyclic) bond motifs is 15. The van der Waals surface area contributed by atoms with Crippen LogP contribution in [0.25, 0.3) is 0 Å². The van der Waals surface area contributed by atoms with Crippen molar-refractivity contribution >= 4 is 5.78 Å². The molecule has 12 aliphatic carbocycles.